The molecule has 0 aliphatic heterocycles. The van der Waals surface area contributed by atoms with Gasteiger partial charge >= 0.3 is 17.9 Å². The van der Waals surface area contributed by atoms with E-state index in [4.69, 9.17) is 26.8 Å². The Labute approximate surface area is 188 Å². The lowest BCUT2D eigenvalue weighted by Gasteiger charge is -2.25. The second kappa shape index (κ2) is 14.7. The predicted octanol–water partition coefficient (Wildman–Crippen LogP) is -3.69. The van der Waals surface area contributed by atoms with Crippen molar-refractivity contribution in [3.63, 3.8) is 0 Å². The molecule has 0 radical (unpaired) electrons. The van der Waals surface area contributed by atoms with Crippen molar-refractivity contribution in [1.29, 1.82) is 0 Å². The quantitative estimate of drug-likeness (QED) is 0.0972. The van der Waals surface area contributed by atoms with Crippen molar-refractivity contribution in [2.75, 3.05) is 6.54 Å². The van der Waals surface area contributed by atoms with Crippen molar-refractivity contribution in [3.05, 3.63) is 0 Å². The molecule has 0 bridgehead atoms. The maximum absolute atomic E-state index is 12.7. The molecule has 0 heterocycles. The molecule has 3 amide bonds. The summed E-state index contributed by atoms with van der Waals surface area (Å²) < 4.78 is 0. The molecule has 5 unspecified atom stereocenters. The molecule has 0 aromatic rings. The van der Waals surface area contributed by atoms with Gasteiger partial charge in [-0.15, -0.1) is 0 Å². The minimum Gasteiger partial charge on any atom is -0.481 e. The summed E-state index contributed by atoms with van der Waals surface area (Å²) in [7, 11) is 0. The summed E-state index contributed by atoms with van der Waals surface area (Å²) in [5.74, 6) is -7.54. The molecule has 188 valence electrons. The summed E-state index contributed by atoms with van der Waals surface area (Å²) in [6.07, 6.45) is -2.32. The minimum absolute atomic E-state index is 0.0153. The van der Waals surface area contributed by atoms with E-state index in [0.29, 0.717) is 12.8 Å². The van der Waals surface area contributed by atoms with Gasteiger partial charge in [0.05, 0.1) is 25.0 Å². The number of aliphatic hydroxyl groups excluding tert-OH is 1. The minimum atomic E-state index is -1.76. The molecule has 0 saturated carbocycles. The molecular weight excluding hydrogens is 446 g/mol. The van der Waals surface area contributed by atoms with Crippen LogP contribution in [0.15, 0.2) is 0 Å². The molecule has 15 heteroatoms. The van der Waals surface area contributed by atoms with E-state index in [1.807, 2.05) is 5.32 Å². The Morgan fingerprint density at radius 3 is 1.76 bits per heavy atom. The number of nitrogens with one attached hydrogen (secondary N) is 3. The van der Waals surface area contributed by atoms with Crippen molar-refractivity contribution in [2.45, 2.75) is 69.3 Å². The van der Waals surface area contributed by atoms with Crippen LogP contribution < -0.4 is 27.4 Å². The smallest absolute Gasteiger partial charge is 0.328 e. The number of unbranched alkanes of at least 4 members (excludes halogenated alkanes) is 1. The van der Waals surface area contributed by atoms with Gasteiger partial charge in [0, 0.05) is 0 Å². The number of hydrogen-bond donors (Lipinski definition) is 9. The SMILES string of the molecule is CC(O)C(NC(=O)C(CC(=O)O)NC(=O)C(CCCCN)NC(=O)C(N)CC(=O)O)C(=O)O. The topological polar surface area (TPSA) is 271 Å². The number of aliphatic carboxylic acids is 3. The molecular formula is C18H31N5O10. The first-order chi connectivity index (χ1) is 15.3. The van der Waals surface area contributed by atoms with Crippen molar-refractivity contribution >= 4 is 35.6 Å². The van der Waals surface area contributed by atoms with Gasteiger partial charge in [0.15, 0.2) is 6.04 Å². The monoisotopic (exact) mass is 477 g/mol. The van der Waals surface area contributed by atoms with E-state index in [-0.39, 0.29) is 13.0 Å². The highest BCUT2D eigenvalue weighted by Crippen LogP contribution is 2.05. The van der Waals surface area contributed by atoms with Crippen LogP contribution in [0, 0.1) is 0 Å². The number of carboxylic acid groups (broad SMARTS) is 3. The molecule has 0 fully saturated rings. The Hall–Kier alpha value is -3.30. The first-order valence-electron chi connectivity index (χ1n) is 10.0. The number of amides is 3. The Kier molecular flexibility index (Phi) is 13.2. The van der Waals surface area contributed by atoms with E-state index >= 15 is 0 Å². The van der Waals surface area contributed by atoms with Crippen molar-refractivity contribution < 1.29 is 49.2 Å². The third-order valence-corrected chi connectivity index (χ3v) is 4.37. The summed E-state index contributed by atoms with van der Waals surface area (Å²) in [5.41, 5.74) is 10.9. The molecule has 15 nitrogen and oxygen atoms in total. The zero-order valence-electron chi connectivity index (χ0n) is 18.0. The second-order valence-electron chi connectivity index (χ2n) is 7.27. The van der Waals surface area contributed by atoms with Gasteiger partial charge in [0.1, 0.15) is 12.1 Å². The van der Waals surface area contributed by atoms with Crippen LogP contribution in [-0.4, -0.2) is 92.9 Å². The summed E-state index contributed by atoms with van der Waals surface area (Å²) in [5, 5.41) is 42.7. The van der Waals surface area contributed by atoms with Gasteiger partial charge in [0.25, 0.3) is 0 Å². The van der Waals surface area contributed by atoms with Gasteiger partial charge in [-0.1, -0.05) is 0 Å². The number of carboxylic acids is 3. The maximum atomic E-state index is 12.7. The summed E-state index contributed by atoms with van der Waals surface area (Å²) in [6.45, 7) is 1.37. The molecule has 33 heavy (non-hydrogen) atoms. The number of hydrogen-bond acceptors (Lipinski definition) is 9. The van der Waals surface area contributed by atoms with Gasteiger partial charge < -0.3 is 47.8 Å². The molecule has 11 N–H and O–H groups in total. The molecule has 5 atom stereocenters. The fraction of sp³-hybridized carbons (Fsp3) is 0.667. The first-order valence-corrected chi connectivity index (χ1v) is 10.0. The lowest BCUT2D eigenvalue weighted by molar-refractivity contribution is -0.146. The van der Waals surface area contributed by atoms with Crippen LogP contribution in [0.5, 0.6) is 0 Å². The first kappa shape index (κ1) is 29.7. The molecule has 0 aliphatic carbocycles. The van der Waals surface area contributed by atoms with Crippen LogP contribution in [0.1, 0.15) is 39.0 Å². The zero-order chi connectivity index (χ0) is 25.7. The molecule has 0 spiro atoms. The molecule has 0 aromatic heterocycles. The van der Waals surface area contributed by atoms with Gasteiger partial charge in [-0.3, -0.25) is 24.0 Å². The fourth-order valence-corrected chi connectivity index (χ4v) is 2.62. The standard InChI is InChI=1S/C18H31N5O10/c1-8(24)14(18(32)33)23-17(31)11(7-13(27)28)22-16(30)10(4-2-3-5-19)21-15(29)9(20)6-12(25)26/h8-11,14,24H,2-7,19-20H2,1H3,(H,21,29)(H,22,30)(H,23,31)(H,25,26)(H,27,28)(H,32,33). The van der Waals surface area contributed by atoms with Crippen molar-refractivity contribution in [2.24, 2.45) is 11.5 Å². The van der Waals surface area contributed by atoms with Gasteiger partial charge in [-0.05, 0) is 32.7 Å². The average Bonchev–Trinajstić information content (AvgIpc) is 2.68. The maximum Gasteiger partial charge on any atom is 0.328 e. The zero-order valence-corrected chi connectivity index (χ0v) is 18.0. The van der Waals surface area contributed by atoms with E-state index in [1.165, 1.54) is 0 Å². The predicted molar refractivity (Wildman–Crippen MR) is 110 cm³/mol. The van der Waals surface area contributed by atoms with Crippen LogP contribution in [0.3, 0.4) is 0 Å². The van der Waals surface area contributed by atoms with Gasteiger partial charge in [-0.25, -0.2) is 4.79 Å². The van der Waals surface area contributed by atoms with Crippen LogP contribution in [-0.2, 0) is 28.8 Å². The van der Waals surface area contributed by atoms with E-state index < -0.39 is 78.7 Å². The highest BCUT2D eigenvalue weighted by molar-refractivity contribution is 5.96. The largest absolute Gasteiger partial charge is 0.481 e. The van der Waals surface area contributed by atoms with Crippen molar-refractivity contribution in [3.8, 4) is 0 Å². The number of aliphatic hydroxyl groups is 1. The van der Waals surface area contributed by atoms with Crippen LogP contribution in [0.25, 0.3) is 0 Å². The number of rotatable bonds is 16. The summed E-state index contributed by atoms with van der Waals surface area (Å²) in [6, 6.07) is -6.27. The van der Waals surface area contributed by atoms with Gasteiger partial charge in [0.2, 0.25) is 17.7 Å². The number of carbonyl (C=O) groups is 6. The molecule has 0 saturated heterocycles. The second-order valence-corrected chi connectivity index (χ2v) is 7.27. The third kappa shape index (κ3) is 11.8. The molecule has 0 aromatic carbocycles. The van der Waals surface area contributed by atoms with E-state index in [2.05, 4.69) is 10.6 Å². The average molecular weight is 477 g/mol. The molecule has 0 aliphatic rings. The lowest BCUT2D eigenvalue weighted by Crippen LogP contribution is -2.58. The van der Waals surface area contributed by atoms with Crippen LogP contribution in [0.4, 0.5) is 0 Å². The van der Waals surface area contributed by atoms with Gasteiger partial charge in [-0.2, -0.15) is 0 Å². The van der Waals surface area contributed by atoms with Crippen molar-refractivity contribution in [1.82, 2.24) is 16.0 Å². The molecule has 0 rings (SSSR count). The summed E-state index contributed by atoms with van der Waals surface area (Å²) >= 11 is 0. The highest BCUT2D eigenvalue weighted by Gasteiger charge is 2.33. The van der Waals surface area contributed by atoms with Crippen LogP contribution in [0.2, 0.25) is 0 Å². The highest BCUT2D eigenvalue weighted by atomic mass is 16.4. The van der Waals surface area contributed by atoms with E-state index in [9.17, 15) is 33.9 Å². The fourth-order valence-electron chi connectivity index (χ4n) is 2.62. The number of carbonyl (C=O) groups excluding carboxylic acids is 3. The Bertz CT molecular complexity index is 729. The lowest BCUT2D eigenvalue weighted by atomic mass is 10.1. The van der Waals surface area contributed by atoms with E-state index in [0.717, 1.165) is 6.92 Å². The van der Waals surface area contributed by atoms with Crippen LogP contribution >= 0.6 is 0 Å². The summed E-state index contributed by atoms with van der Waals surface area (Å²) in [4.78, 5) is 70.3. The van der Waals surface area contributed by atoms with E-state index in [1.54, 1.807) is 0 Å². The Balaban J connectivity index is 5.53. The Morgan fingerprint density at radius 2 is 1.30 bits per heavy atom. The normalized spacial score (nSPS) is 15.3. The number of nitrogens with two attached hydrogens (primary N) is 2. The Morgan fingerprint density at radius 1 is 0.788 bits per heavy atom. The third-order valence-electron chi connectivity index (χ3n) is 4.37.